The summed E-state index contributed by atoms with van der Waals surface area (Å²) in [6.07, 6.45) is 0.277. The van der Waals surface area contributed by atoms with Gasteiger partial charge in [-0.05, 0) is 12.1 Å². The van der Waals surface area contributed by atoms with Gasteiger partial charge in [-0.25, -0.2) is 0 Å². The van der Waals surface area contributed by atoms with Crippen LogP contribution in [0, 0.1) is 11.8 Å². The molecule has 0 aliphatic heterocycles. The van der Waals surface area contributed by atoms with Gasteiger partial charge in [-0.2, -0.15) is 0 Å². The molecule has 0 unspecified atom stereocenters. The molecule has 0 bridgehead atoms. The minimum Gasteiger partial charge on any atom is -0.382 e. The number of hydrogen-bond acceptors (Lipinski definition) is 1. The summed E-state index contributed by atoms with van der Waals surface area (Å²) >= 11 is 0. The molecule has 0 aliphatic carbocycles. The molecule has 2 nitrogen and oxygen atoms in total. The minimum atomic E-state index is -1.52. The van der Waals surface area contributed by atoms with Crippen LogP contribution >= 0.6 is 0 Å². The summed E-state index contributed by atoms with van der Waals surface area (Å²) in [5.41, 5.74) is 0.948. The number of rotatable bonds is 2. The Morgan fingerprint density at radius 3 is 2.44 bits per heavy atom. The van der Waals surface area contributed by atoms with Gasteiger partial charge in [-0.1, -0.05) is 49.7 Å². The van der Waals surface area contributed by atoms with E-state index in [0.29, 0.717) is 0 Å². The van der Waals surface area contributed by atoms with Gasteiger partial charge in [0, 0.05) is 5.56 Å². The van der Waals surface area contributed by atoms with Crippen LogP contribution in [0.4, 0.5) is 0 Å². The zero-order chi connectivity index (χ0) is 12.0. The molecule has 0 aliphatic rings. The second-order valence-corrected chi connectivity index (χ2v) is 9.39. The van der Waals surface area contributed by atoms with Crippen molar-refractivity contribution in [3.63, 3.8) is 0 Å². The van der Waals surface area contributed by atoms with Gasteiger partial charge in [-0.15, -0.1) is 0 Å². The molecule has 1 amide bonds. The minimum absolute atomic E-state index is 0.0302. The van der Waals surface area contributed by atoms with E-state index in [1.807, 2.05) is 30.3 Å². The predicted octanol–water partition coefficient (Wildman–Crippen LogP) is 2.38. The van der Waals surface area contributed by atoms with Crippen LogP contribution in [0.3, 0.4) is 0 Å². The highest BCUT2D eigenvalue weighted by atomic mass is 28.3. The zero-order valence-corrected chi connectivity index (χ0v) is 11.0. The maximum Gasteiger partial charge on any atom is 0.224 e. The van der Waals surface area contributed by atoms with E-state index in [0.717, 1.165) is 5.56 Å². The first-order chi connectivity index (χ1) is 7.47. The molecule has 1 aromatic rings. The molecular weight excluding hydrogens is 214 g/mol. The Kier molecular flexibility index (Phi) is 4.33. The maximum absolute atomic E-state index is 11.5. The van der Waals surface area contributed by atoms with Gasteiger partial charge in [0.2, 0.25) is 5.91 Å². The summed E-state index contributed by atoms with van der Waals surface area (Å²) in [6, 6.07) is 9.69. The standard InChI is InChI=1S/C13H17NOSi/c1-16(2,3)14-13(15)11-7-10-12-8-5-4-6-9-12/h4-6,8-9H,11H2,1-3H3,(H,14,15). The third kappa shape index (κ3) is 5.37. The van der Waals surface area contributed by atoms with Crippen molar-refractivity contribution >= 4 is 14.1 Å². The Balaban J connectivity index is 2.47. The topological polar surface area (TPSA) is 29.1 Å². The monoisotopic (exact) mass is 231 g/mol. The van der Waals surface area contributed by atoms with Crippen LogP contribution in [0.1, 0.15) is 12.0 Å². The zero-order valence-electron chi connectivity index (χ0n) is 10.0. The first-order valence-electron chi connectivity index (χ1n) is 5.32. The summed E-state index contributed by atoms with van der Waals surface area (Å²) in [7, 11) is -1.52. The third-order valence-corrected chi connectivity index (χ3v) is 2.80. The van der Waals surface area contributed by atoms with E-state index in [2.05, 4.69) is 36.5 Å². The van der Waals surface area contributed by atoms with E-state index >= 15 is 0 Å². The Labute approximate surface area is 98.2 Å². The van der Waals surface area contributed by atoms with Gasteiger partial charge in [0.15, 0.2) is 0 Å². The first-order valence-corrected chi connectivity index (χ1v) is 8.82. The highest BCUT2D eigenvalue weighted by Gasteiger charge is 2.15. The molecule has 0 spiro atoms. The smallest absolute Gasteiger partial charge is 0.224 e. The molecule has 84 valence electrons. The van der Waals surface area contributed by atoms with Crippen molar-refractivity contribution in [3.05, 3.63) is 35.9 Å². The van der Waals surface area contributed by atoms with Crippen LogP contribution in [-0.4, -0.2) is 14.1 Å². The molecule has 3 heteroatoms. The molecule has 1 aromatic carbocycles. The van der Waals surface area contributed by atoms with E-state index in [1.54, 1.807) is 0 Å². The van der Waals surface area contributed by atoms with Gasteiger partial charge in [0.05, 0.1) is 6.42 Å². The van der Waals surface area contributed by atoms with Crippen LogP contribution in [0.15, 0.2) is 30.3 Å². The predicted molar refractivity (Wildman–Crippen MR) is 69.4 cm³/mol. The number of carbonyl (C=O) groups excluding carboxylic acids is 1. The lowest BCUT2D eigenvalue weighted by Gasteiger charge is -2.16. The largest absolute Gasteiger partial charge is 0.382 e. The molecule has 16 heavy (non-hydrogen) atoms. The van der Waals surface area contributed by atoms with Crippen LogP contribution in [-0.2, 0) is 4.79 Å². The van der Waals surface area contributed by atoms with Crippen molar-refractivity contribution in [3.8, 4) is 11.8 Å². The van der Waals surface area contributed by atoms with Crippen molar-refractivity contribution in [2.45, 2.75) is 26.1 Å². The Morgan fingerprint density at radius 2 is 1.88 bits per heavy atom. The van der Waals surface area contributed by atoms with Crippen LogP contribution in [0.2, 0.25) is 19.6 Å². The Hall–Kier alpha value is -1.53. The van der Waals surface area contributed by atoms with E-state index in [1.165, 1.54) is 0 Å². The maximum atomic E-state index is 11.5. The lowest BCUT2D eigenvalue weighted by molar-refractivity contribution is -0.118. The molecule has 0 heterocycles. The van der Waals surface area contributed by atoms with Gasteiger partial charge in [-0.3, -0.25) is 4.79 Å². The summed E-state index contributed by atoms with van der Waals surface area (Å²) in [5.74, 6) is 5.88. The van der Waals surface area contributed by atoms with E-state index < -0.39 is 8.24 Å². The van der Waals surface area contributed by atoms with E-state index in [4.69, 9.17) is 0 Å². The summed E-state index contributed by atoms with van der Waals surface area (Å²) in [6.45, 7) is 6.28. The van der Waals surface area contributed by atoms with Crippen LogP contribution < -0.4 is 4.98 Å². The molecule has 1 rings (SSSR count). The number of carbonyl (C=O) groups is 1. The fraction of sp³-hybridized carbons (Fsp3) is 0.308. The van der Waals surface area contributed by atoms with Crippen molar-refractivity contribution in [2.75, 3.05) is 0 Å². The number of benzene rings is 1. The van der Waals surface area contributed by atoms with Crippen LogP contribution in [0.5, 0.6) is 0 Å². The molecule has 0 saturated heterocycles. The molecule has 0 saturated carbocycles. The summed E-state index contributed by atoms with van der Waals surface area (Å²) in [4.78, 5) is 14.5. The fourth-order valence-electron chi connectivity index (χ4n) is 1.21. The molecular formula is C13H17NOSi. The van der Waals surface area contributed by atoms with Gasteiger partial charge in [0.25, 0.3) is 0 Å². The summed E-state index contributed by atoms with van der Waals surface area (Å²) in [5, 5.41) is 0. The summed E-state index contributed by atoms with van der Waals surface area (Å²) < 4.78 is 0. The lowest BCUT2D eigenvalue weighted by Crippen LogP contribution is -2.45. The van der Waals surface area contributed by atoms with Gasteiger partial charge >= 0.3 is 0 Å². The normalized spacial score (nSPS) is 10.2. The second-order valence-electron chi connectivity index (χ2n) is 4.64. The average molecular weight is 231 g/mol. The van der Waals surface area contributed by atoms with Gasteiger partial charge in [0.1, 0.15) is 8.24 Å². The molecule has 0 fully saturated rings. The number of amides is 1. The van der Waals surface area contributed by atoms with Crippen molar-refractivity contribution in [2.24, 2.45) is 0 Å². The van der Waals surface area contributed by atoms with E-state index in [9.17, 15) is 4.79 Å². The van der Waals surface area contributed by atoms with E-state index in [-0.39, 0.29) is 12.3 Å². The highest BCUT2D eigenvalue weighted by Crippen LogP contribution is 1.96. The number of hydrogen-bond donors (Lipinski definition) is 1. The second kappa shape index (κ2) is 5.52. The molecule has 0 radical (unpaired) electrons. The fourth-order valence-corrected chi connectivity index (χ4v) is 2.14. The third-order valence-electron chi connectivity index (χ3n) is 1.77. The van der Waals surface area contributed by atoms with Crippen molar-refractivity contribution in [1.82, 2.24) is 4.98 Å². The van der Waals surface area contributed by atoms with Crippen molar-refractivity contribution < 1.29 is 4.79 Å². The molecule has 0 aromatic heterocycles. The quantitative estimate of drug-likeness (QED) is 0.614. The molecule has 1 N–H and O–H groups in total. The molecule has 0 atom stereocenters. The van der Waals surface area contributed by atoms with Crippen molar-refractivity contribution in [1.29, 1.82) is 0 Å². The first kappa shape index (κ1) is 12.5. The van der Waals surface area contributed by atoms with Crippen LogP contribution in [0.25, 0.3) is 0 Å². The van der Waals surface area contributed by atoms with Gasteiger partial charge < -0.3 is 4.98 Å². The SMILES string of the molecule is C[Si](C)(C)NC(=O)CC#Cc1ccccc1. The highest BCUT2D eigenvalue weighted by molar-refractivity contribution is 6.75. The lowest BCUT2D eigenvalue weighted by atomic mass is 10.2. The number of nitrogens with one attached hydrogen (secondary N) is 1. The Morgan fingerprint density at radius 1 is 1.25 bits per heavy atom. The average Bonchev–Trinajstić information content (AvgIpc) is 2.16. The Bertz CT molecular complexity index is 409.